The summed E-state index contributed by atoms with van der Waals surface area (Å²) >= 11 is 0. The summed E-state index contributed by atoms with van der Waals surface area (Å²) in [7, 11) is -0.314. The highest BCUT2D eigenvalue weighted by molar-refractivity contribution is 6.62. The van der Waals surface area contributed by atoms with Crippen LogP contribution in [0.15, 0.2) is 24.3 Å². The van der Waals surface area contributed by atoms with Crippen LogP contribution in [0.2, 0.25) is 0 Å². The third-order valence-electron chi connectivity index (χ3n) is 5.67. The molecular formula is C19H27BO3. The first-order valence-corrected chi connectivity index (χ1v) is 8.76. The summed E-state index contributed by atoms with van der Waals surface area (Å²) in [5, 5.41) is 0. The fourth-order valence-corrected chi connectivity index (χ4v) is 3.35. The maximum atomic E-state index is 12.0. The van der Waals surface area contributed by atoms with Crippen LogP contribution >= 0.6 is 0 Å². The molecule has 1 aliphatic heterocycles. The lowest BCUT2D eigenvalue weighted by Gasteiger charge is -2.32. The van der Waals surface area contributed by atoms with Crippen LogP contribution < -0.4 is 5.46 Å². The van der Waals surface area contributed by atoms with E-state index in [9.17, 15) is 4.79 Å². The molecule has 2 aliphatic rings. The van der Waals surface area contributed by atoms with Crippen molar-refractivity contribution in [2.24, 2.45) is 5.92 Å². The molecule has 0 unspecified atom stereocenters. The molecule has 1 aromatic carbocycles. The number of carbonyl (C=O) groups is 1. The minimum atomic E-state index is -0.315. The van der Waals surface area contributed by atoms with Crippen molar-refractivity contribution < 1.29 is 14.1 Å². The normalized spacial score (nSPS) is 26.5. The number of carbonyl (C=O) groups excluding carboxylic acids is 1. The third kappa shape index (κ3) is 3.38. The van der Waals surface area contributed by atoms with Crippen molar-refractivity contribution in [3.8, 4) is 0 Å². The predicted octanol–water partition coefficient (Wildman–Crippen LogP) is 3.29. The van der Waals surface area contributed by atoms with E-state index in [-0.39, 0.29) is 24.2 Å². The van der Waals surface area contributed by atoms with E-state index < -0.39 is 0 Å². The molecule has 23 heavy (non-hydrogen) atoms. The van der Waals surface area contributed by atoms with Crippen LogP contribution in [0.4, 0.5) is 0 Å². The van der Waals surface area contributed by atoms with Crippen LogP contribution in [0.3, 0.4) is 0 Å². The molecule has 0 aromatic heterocycles. The van der Waals surface area contributed by atoms with E-state index in [0.29, 0.717) is 5.78 Å². The molecule has 0 radical (unpaired) electrons. The van der Waals surface area contributed by atoms with Crippen molar-refractivity contribution >= 4 is 18.4 Å². The molecule has 1 aromatic rings. The van der Waals surface area contributed by atoms with E-state index in [1.54, 1.807) is 0 Å². The maximum absolute atomic E-state index is 12.0. The predicted molar refractivity (Wildman–Crippen MR) is 92.8 cm³/mol. The molecule has 1 heterocycles. The first-order chi connectivity index (χ1) is 10.8. The van der Waals surface area contributed by atoms with Crippen molar-refractivity contribution in [1.29, 1.82) is 0 Å². The lowest BCUT2D eigenvalue weighted by atomic mass is 9.78. The average Bonchev–Trinajstić information content (AvgIpc) is 2.71. The van der Waals surface area contributed by atoms with Crippen molar-refractivity contribution in [2.45, 2.75) is 71.0 Å². The number of hydrogen-bond acceptors (Lipinski definition) is 3. The summed E-state index contributed by atoms with van der Waals surface area (Å²) in [5.74, 6) is 0.651. The van der Waals surface area contributed by atoms with E-state index in [1.165, 1.54) is 12.0 Å². The molecule has 1 saturated carbocycles. The van der Waals surface area contributed by atoms with E-state index in [1.807, 2.05) is 0 Å². The van der Waals surface area contributed by atoms with Crippen molar-refractivity contribution in [3.05, 3.63) is 29.8 Å². The zero-order chi connectivity index (χ0) is 16.7. The Morgan fingerprint density at radius 1 is 1.04 bits per heavy atom. The molecule has 1 aliphatic carbocycles. The van der Waals surface area contributed by atoms with Gasteiger partial charge < -0.3 is 9.31 Å². The molecule has 2 fully saturated rings. The number of benzene rings is 1. The van der Waals surface area contributed by atoms with Gasteiger partial charge in [-0.3, -0.25) is 4.79 Å². The van der Waals surface area contributed by atoms with Gasteiger partial charge in [-0.15, -0.1) is 0 Å². The van der Waals surface area contributed by atoms with E-state index in [0.717, 1.165) is 31.1 Å². The monoisotopic (exact) mass is 314 g/mol. The molecule has 4 heteroatoms. The first-order valence-electron chi connectivity index (χ1n) is 8.76. The summed E-state index contributed by atoms with van der Waals surface area (Å²) in [4.78, 5) is 12.0. The largest absolute Gasteiger partial charge is 0.494 e. The van der Waals surface area contributed by atoms with Gasteiger partial charge in [-0.25, -0.2) is 0 Å². The Hall–Kier alpha value is -1.13. The molecule has 3 nitrogen and oxygen atoms in total. The third-order valence-corrected chi connectivity index (χ3v) is 5.67. The number of rotatable bonds is 3. The van der Waals surface area contributed by atoms with E-state index in [4.69, 9.17) is 9.31 Å². The molecule has 124 valence electrons. The summed E-state index contributed by atoms with van der Waals surface area (Å²) in [6, 6.07) is 8.38. The Labute approximate surface area is 139 Å². The van der Waals surface area contributed by atoms with Gasteiger partial charge in [0.25, 0.3) is 0 Å². The van der Waals surface area contributed by atoms with Gasteiger partial charge in [0.05, 0.1) is 11.2 Å². The zero-order valence-electron chi connectivity index (χ0n) is 14.7. The minimum absolute atomic E-state index is 0.214. The molecule has 0 spiro atoms. The number of hydrogen-bond donors (Lipinski definition) is 0. The Morgan fingerprint density at radius 2 is 1.65 bits per heavy atom. The van der Waals surface area contributed by atoms with Gasteiger partial charge in [-0.05, 0) is 58.0 Å². The molecule has 1 atom stereocenters. The lowest BCUT2D eigenvalue weighted by Crippen LogP contribution is -2.41. The van der Waals surface area contributed by atoms with Crippen molar-refractivity contribution in [1.82, 2.24) is 0 Å². The Balaban J connectivity index is 1.67. The zero-order valence-corrected chi connectivity index (χ0v) is 14.7. The summed E-state index contributed by atoms with van der Waals surface area (Å²) < 4.78 is 12.2. The lowest BCUT2D eigenvalue weighted by molar-refractivity contribution is -0.124. The highest BCUT2D eigenvalue weighted by atomic mass is 16.7. The Morgan fingerprint density at radius 3 is 2.22 bits per heavy atom. The van der Waals surface area contributed by atoms with Crippen molar-refractivity contribution in [3.63, 3.8) is 0 Å². The van der Waals surface area contributed by atoms with Crippen LogP contribution in [0.25, 0.3) is 0 Å². The molecule has 0 N–H and O–H groups in total. The van der Waals surface area contributed by atoms with Crippen LogP contribution in [-0.2, 0) is 20.5 Å². The second-order valence-corrected chi connectivity index (χ2v) is 7.94. The minimum Gasteiger partial charge on any atom is -0.399 e. The number of Topliss-reactive ketones (excluding diaryl/α,β-unsaturated/α-hetero) is 1. The van der Waals surface area contributed by atoms with Gasteiger partial charge in [0.15, 0.2) is 0 Å². The standard InChI is InChI=1S/C19H27BO3/c1-18(2)19(3,4)23-20(22-18)16-11-9-14(10-12-16)13-15-7-5-6-8-17(15)21/h9-12,15H,5-8,13H2,1-4H3/t15-/m0/s1. The summed E-state index contributed by atoms with van der Waals surface area (Å²) in [5.41, 5.74) is 1.64. The fourth-order valence-electron chi connectivity index (χ4n) is 3.35. The summed E-state index contributed by atoms with van der Waals surface area (Å²) in [6.07, 6.45) is 4.91. The second-order valence-electron chi connectivity index (χ2n) is 7.94. The van der Waals surface area contributed by atoms with Gasteiger partial charge in [-0.1, -0.05) is 30.7 Å². The second kappa shape index (κ2) is 6.06. The van der Waals surface area contributed by atoms with Crippen LogP contribution in [0.1, 0.15) is 58.9 Å². The van der Waals surface area contributed by atoms with Gasteiger partial charge >= 0.3 is 7.12 Å². The average molecular weight is 314 g/mol. The topological polar surface area (TPSA) is 35.5 Å². The molecule has 0 bridgehead atoms. The van der Waals surface area contributed by atoms with Gasteiger partial charge in [-0.2, -0.15) is 0 Å². The molecular weight excluding hydrogens is 287 g/mol. The highest BCUT2D eigenvalue weighted by Crippen LogP contribution is 2.36. The Bertz CT molecular complexity index is 561. The van der Waals surface area contributed by atoms with Crippen LogP contribution in [-0.4, -0.2) is 24.1 Å². The van der Waals surface area contributed by atoms with Crippen LogP contribution in [0.5, 0.6) is 0 Å². The maximum Gasteiger partial charge on any atom is 0.494 e. The number of ketones is 1. The van der Waals surface area contributed by atoms with E-state index >= 15 is 0 Å². The summed E-state index contributed by atoms with van der Waals surface area (Å²) in [6.45, 7) is 8.26. The van der Waals surface area contributed by atoms with Crippen molar-refractivity contribution in [2.75, 3.05) is 0 Å². The van der Waals surface area contributed by atoms with Gasteiger partial charge in [0, 0.05) is 12.3 Å². The highest BCUT2D eigenvalue weighted by Gasteiger charge is 2.51. The quantitative estimate of drug-likeness (QED) is 0.803. The fraction of sp³-hybridized carbons (Fsp3) is 0.632. The van der Waals surface area contributed by atoms with Gasteiger partial charge in [0.2, 0.25) is 0 Å². The Kier molecular flexibility index (Phi) is 4.41. The first kappa shape index (κ1) is 16.7. The molecule has 1 saturated heterocycles. The molecule has 0 amide bonds. The SMILES string of the molecule is CC1(C)OB(c2ccc(C[C@@H]3CCCCC3=O)cc2)OC1(C)C. The molecule has 3 rings (SSSR count). The van der Waals surface area contributed by atoms with E-state index in [2.05, 4.69) is 52.0 Å². The van der Waals surface area contributed by atoms with Crippen LogP contribution in [0, 0.1) is 5.92 Å². The smallest absolute Gasteiger partial charge is 0.399 e. The van der Waals surface area contributed by atoms with Gasteiger partial charge in [0.1, 0.15) is 5.78 Å².